The molecule has 0 saturated carbocycles. The zero-order valence-corrected chi connectivity index (χ0v) is 8.94. The predicted octanol–water partition coefficient (Wildman–Crippen LogP) is 1.63. The Morgan fingerprint density at radius 1 is 1.47 bits per heavy atom. The molecule has 0 fully saturated rings. The zero-order chi connectivity index (χ0) is 10.8. The molecule has 0 amide bonds. The maximum atomic E-state index is 9.11. The molecule has 0 atom stereocenters. The van der Waals surface area contributed by atoms with Gasteiger partial charge in [-0.1, -0.05) is 28.9 Å². The van der Waals surface area contributed by atoms with E-state index in [9.17, 15) is 0 Å². The van der Waals surface area contributed by atoms with Crippen LogP contribution in [-0.4, -0.2) is 20.1 Å². The van der Waals surface area contributed by atoms with Crippen LogP contribution in [-0.2, 0) is 13.7 Å². The molecule has 0 saturated heterocycles. The van der Waals surface area contributed by atoms with Gasteiger partial charge in [0.2, 0.25) is 0 Å². The summed E-state index contributed by atoms with van der Waals surface area (Å²) in [6, 6.07) is 7.38. The first-order valence-corrected chi connectivity index (χ1v) is 4.85. The van der Waals surface area contributed by atoms with Crippen molar-refractivity contribution in [3.05, 3.63) is 35.0 Å². The van der Waals surface area contributed by atoms with Gasteiger partial charge >= 0.3 is 0 Å². The molecule has 1 aromatic carbocycles. The molecule has 0 unspecified atom stereocenters. The Balaban J connectivity index is 2.57. The van der Waals surface area contributed by atoms with Crippen LogP contribution >= 0.6 is 11.6 Å². The summed E-state index contributed by atoms with van der Waals surface area (Å²) >= 11 is 5.90. The predicted molar refractivity (Wildman–Crippen MR) is 57.4 cm³/mol. The van der Waals surface area contributed by atoms with Gasteiger partial charge in [-0.25, -0.2) is 4.68 Å². The highest BCUT2D eigenvalue weighted by Gasteiger charge is 2.11. The van der Waals surface area contributed by atoms with Gasteiger partial charge in [-0.2, -0.15) is 0 Å². The second-order valence-corrected chi connectivity index (χ2v) is 3.61. The lowest BCUT2D eigenvalue weighted by Crippen LogP contribution is -1.95. The minimum atomic E-state index is -0.129. The molecule has 2 aromatic rings. The summed E-state index contributed by atoms with van der Waals surface area (Å²) in [6.45, 7) is -0.129. The summed E-state index contributed by atoms with van der Waals surface area (Å²) in [4.78, 5) is 0. The van der Waals surface area contributed by atoms with E-state index in [-0.39, 0.29) is 6.61 Å². The van der Waals surface area contributed by atoms with E-state index in [0.717, 1.165) is 11.3 Å². The minimum absolute atomic E-state index is 0.129. The molecule has 4 nitrogen and oxygen atoms in total. The van der Waals surface area contributed by atoms with Crippen molar-refractivity contribution < 1.29 is 5.11 Å². The quantitative estimate of drug-likeness (QED) is 0.842. The van der Waals surface area contributed by atoms with Gasteiger partial charge in [0.15, 0.2) is 0 Å². The topological polar surface area (TPSA) is 50.9 Å². The molecule has 0 aliphatic heterocycles. The summed E-state index contributed by atoms with van der Waals surface area (Å²) in [5.41, 5.74) is 2.25. The third-order valence-electron chi connectivity index (χ3n) is 2.14. The molecule has 78 valence electrons. The van der Waals surface area contributed by atoms with E-state index in [1.54, 1.807) is 17.8 Å². The van der Waals surface area contributed by atoms with Gasteiger partial charge < -0.3 is 5.11 Å². The van der Waals surface area contributed by atoms with Crippen LogP contribution < -0.4 is 0 Å². The third kappa shape index (κ3) is 1.86. The van der Waals surface area contributed by atoms with Crippen LogP contribution in [0.25, 0.3) is 11.3 Å². The number of hydrogen-bond donors (Lipinski definition) is 1. The fourth-order valence-electron chi connectivity index (χ4n) is 1.50. The van der Waals surface area contributed by atoms with Crippen molar-refractivity contribution in [2.75, 3.05) is 0 Å². The first-order valence-electron chi connectivity index (χ1n) is 4.47. The average Bonchev–Trinajstić information content (AvgIpc) is 2.59. The van der Waals surface area contributed by atoms with E-state index < -0.39 is 0 Å². The molecule has 0 bridgehead atoms. The summed E-state index contributed by atoms with van der Waals surface area (Å²) in [7, 11) is 1.78. The van der Waals surface area contributed by atoms with E-state index in [4.69, 9.17) is 16.7 Å². The molecule has 1 N–H and O–H groups in total. The number of benzene rings is 1. The van der Waals surface area contributed by atoms with Crippen molar-refractivity contribution in [1.29, 1.82) is 0 Å². The molecule has 1 aromatic heterocycles. The van der Waals surface area contributed by atoms with Gasteiger partial charge in [-0.05, 0) is 12.1 Å². The van der Waals surface area contributed by atoms with Crippen LogP contribution in [0.1, 0.15) is 5.69 Å². The molecule has 2 rings (SSSR count). The van der Waals surface area contributed by atoms with E-state index in [0.29, 0.717) is 10.7 Å². The Morgan fingerprint density at radius 3 is 2.93 bits per heavy atom. The van der Waals surface area contributed by atoms with Crippen LogP contribution in [0.5, 0.6) is 0 Å². The summed E-state index contributed by atoms with van der Waals surface area (Å²) in [5, 5.41) is 17.5. The highest BCUT2D eigenvalue weighted by molar-refractivity contribution is 6.30. The second-order valence-electron chi connectivity index (χ2n) is 3.18. The van der Waals surface area contributed by atoms with Crippen molar-refractivity contribution in [2.45, 2.75) is 6.61 Å². The normalized spacial score (nSPS) is 10.6. The first kappa shape index (κ1) is 10.1. The molecular weight excluding hydrogens is 214 g/mol. The molecule has 0 radical (unpaired) electrons. The van der Waals surface area contributed by atoms with Crippen molar-refractivity contribution >= 4 is 11.6 Å². The molecule has 1 heterocycles. The van der Waals surface area contributed by atoms with Gasteiger partial charge in [-0.3, -0.25) is 0 Å². The number of halogens is 1. The van der Waals surface area contributed by atoms with Gasteiger partial charge in [0.05, 0.1) is 12.3 Å². The number of aliphatic hydroxyl groups is 1. The number of aromatic nitrogens is 3. The molecule has 0 aliphatic carbocycles. The van der Waals surface area contributed by atoms with Crippen molar-refractivity contribution in [3.63, 3.8) is 0 Å². The van der Waals surface area contributed by atoms with Crippen LogP contribution in [0.4, 0.5) is 0 Å². The number of aryl methyl sites for hydroxylation is 1. The Kier molecular flexibility index (Phi) is 2.70. The molecule has 5 heteroatoms. The fraction of sp³-hybridized carbons (Fsp3) is 0.200. The Morgan fingerprint density at radius 2 is 2.27 bits per heavy atom. The van der Waals surface area contributed by atoms with E-state index in [1.807, 2.05) is 18.2 Å². The third-order valence-corrected chi connectivity index (χ3v) is 2.38. The van der Waals surface area contributed by atoms with Gasteiger partial charge in [0.1, 0.15) is 5.69 Å². The average molecular weight is 224 g/mol. The van der Waals surface area contributed by atoms with Crippen LogP contribution in [0.15, 0.2) is 24.3 Å². The molecular formula is C10H10ClN3O. The smallest absolute Gasteiger partial charge is 0.116 e. The van der Waals surface area contributed by atoms with Crippen LogP contribution in [0.2, 0.25) is 5.02 Å². The van der Waals surface area contributed by atoms with Crippen molar-refractivity contribution in [1.82, 2.24) is 15.0 Å². The number of hydrogen-bond acceptors (Lipinski definition) is 3. The highest BCUT2D eigenvalue weighted by atomic mass is 35.5. The number of aliphatic hydroxyl groups excluding tert-OH is 1. The lowest BCUT2D eigenvalue weighted by Gasteiger charge is -2.03. The lowest BCUT2D eigenvalue weighted by atomic mass is 10.1. The standard InChI is InChI=1S/C10H10ClN3O/c1-14-10(9(6-15)12-13-14)7-3-2-4-8(11)5-7/h2-5,15H,6H2,1H3. The van der Waals surface area contributed by atoms with Crippen molar-refractivity contribution in [3.8, 4) is 11.3 Å². The summed E-state index contributed by atoms with van der Waals surface area (Å²) < 4.78 is 1.62. The fourth-order valence-corrected chi connectivity index (χ4v) is 1.69. The van der Waals surface area contributed by atoms with E-state index >= 15 is 0 Å². The Bertz CT molecular complexity index is 481. The monoisotopic (exact) mass is 223 g/mol. The second kappa shape index (κ2) is 4.00. The molecule has 0 spiro atoms. The van der Waals surface area contributed by atoms with Crippen LogP contribution in [0, 0.1) is 0 Å². The van der Waals surface area contributed by atoms with Crippen molar-refractivity contribution in [2.24, 2.45) is 7.05 Å². The number of nitrogens with zero attached hydrogens (tertiary/aromatic N) is 3. The minimum Gasteiger partial charge on any atom is -0.390 e. The van der Waals surface area contributed by atoms with Gasteiger partial charge in [0, 0.05) is 17.6 Å². The first-order chi connectivity index (χ1) is 7.22. The maximum Gasteiger partial charge on any atom is 0.116 e. The molecule has 15 heavy (non-hydrogen) atoms. The van der Waals surface area contributed by atoms with Gasteiger partial charge in [-0.15, -0.1) is 5.10 Å². The maximum absolute atomic E-state index is 9.11. The van der Waals surface area contributed by atoms with Crippen LogP contribution in [0.3, 0.4) is 0 Å². The van der Waals surface area contributed by atoms with E-state index in [2.05, 4.69) is 10.3 Å². The van der Waals surface area contributed by atoms with E-state index in [1.165, 1.54) is 0 Å². The zero-order valence-electron chi connectivity index (χ0n) is 8.18. The van der Waals surface area contributed by atoms with Gasteiger partial charge in [0.25, 0.3) is 0 Å². The number of rotatable bonds is 2. The highest BCUT2D eigenvalue weighted by Crippen LogP contribution is 2.24. The lowest BCUT2D eigenvalue weighted by molar-refractivity contribution is 0.277. The summed E-state index contributed by atoms with van der Waals surface area (Å²) in [6.07, 6.45) is 0. The summed E-state index contributed by atoms with van der Waals surface area (Å²) in [5.74, 6) is 0. The largest absolute Gasteiger partial charge is 0.390 e. The Labute approximate surface area is 92.1 Å². The Hall–Kier alpha value is -1.39. The SMILES string of the molecule is Cn1nnc(CO)c1-c1cccc(Cl)c1. The molecule has 0 aliphatic rings.